The summed E-state index contributed by atoms with van der Waals surface area (Å²) in [6, 6.07) is 2.95. The number of benzene rings is 1. The second kappa shape index (κ2) is 8.00. The fraction of sp³-hybridized carbons (Fsp3) is 0.550. The third-order valence-electron chi connectivity index (χ3n) is 5.69. The van der Waals surface area contributed by atoms with Crippen LogP contribution in [-0.2, 0) is 11.3 Å². The van der Waals surface area contributed by atoms with E-state index in [1.807, 2.05) is 6.92 Å². The van der Waals surface area contributed by atoms with E-state index in [4.69, 9.17) is 0 Å². The molecule has 1 heterocycles. The van der Waals surface area contributed by atoms with Gasteiger partial charge in [-0.3, -0.25) is 9.69 Å². The summed E-state index contributed by atoms with van der Waals surface area (Å²) in [5, 5.41) is 2.59. The van der Waals surface area contributed by atoms with Gasteiger partial charge in [-0.2, -0.15) is 0 Å². The Kier molecular flexibility index (Phi) is 5.74. The highest BCUT2D eigenvalue weighted by Gasteiger charge is 2.25. The van der Waals surface area contributed by atoms with Crippen LogP contribution < -0.4 is 5.32 Å². The van der Waals surface area contributed by atoms with Gasteiger partial charge in [-0.25, -0.2) is 4.39 Å². The SMILES string of the molecule is C=C(C1CCCC1)N1CCN(Cc2cc(F)cc(NC=O)c2C)CC1. The van der Waals surface area contributed by atoms with Crippen molar-refractivity contribution in [3.05, 3.63) is 41.4 Å². The molecule has 1 N–H and O–H groups in total. The predicted octanol–water partition coefficient (Wildman–Crippen LogP) is 3.52. The first-order valence-electron chi connectivity index (χ1n) is 9.24. The van der Waals surface area contributed by atoms with E-state index in [9.17, 15) is 9.18 Å². The average Bonchev–Trinajstić information content (AvgIpc) is 3.14. The van der Waals surface area contributed by atoms with E-state index in [1.54, 1.807) is 6.07 Å². The molecule has 2 fully saturated rings. The summed E-state index contributed by atoms with van der Waals surface area (Å²) in [5.41, 5.74) is 3.74. The summed E-state index contributed by atoms with van der Waals surface area (Å²) in [6.07, 6.45) is 5.83. The van der Waals surface area contributed by atoms with Crippen LogP contribution in [0.1, 0.15) is 36.8 Å². The first kappa shape index (κ1) is 17.9. The summed E-state index contributed by atoms with van der Waals surface area (Å²) < 4.78 is 13.8. The average molecular weight is 345 g/mol. The smallest absolute Gasteiger partial charge is 0.211 e. The Balaban J connectivity index is 1.59. The first-order valence-corrected chi connectivity index (χ1v) is 9.24. The van der Waals surface area contributed by atoms with Gasteiger partial charge in [0.25, 0.3) is 0 Å². The molecule has 1 saturated carbocycles. The van der Waals surface area contributed by atoms with E-state index < -0.39 is 0 Å². The number of piperazine rings is 1. The molecular weight excluding hydrogens is 317 g/mol. The van der Waals surface area contributed by atoms with Gasteiger partial charge >= 0.3 is 0 Å². The van der Waals surface area contributed by atoms with Crippen molar-refractivity contribution in [3.63, 3.8) is 0 Å². The lowest BCUT2D eigenvalue weighted by Gasteiger charge is -2.39. The molecule has 1 saturated heterocycles. The van der Waals surface area contributed by atoms with Crippen LogP contribution in [0, 0.1) is 18.7 Å². The minimum atomic E-state index is -0.307. The van der Waals surface area contributed by atoms with E-state index in [0.29, 0.717) is 24.6 Å². The van der Waals surface area contributed by atoms with Gasteiger partial charge in [-0.15, -0.1) is 0 Å². The molecule has 2 aliphatic rings. The molecule has 5 heteroatoms. The summed E-state index contributed by atoms with van der Waals surface area (Å²) in [4.78, 5) is 15.5. The molecule has 3 rings (SSSR count). The third-order valence-corrected chi connectivity index (χ3v) is 5.69. The third kappa shape index (κ3) is 4.21. The topological polar surface area (TPSA) is 35.6 Å². The minimum absolute atomic E-state index is 0.307. The first-order chi connectivity index (χ1) is 12.1. The summed E-state index contributed by atoms with van der Waals surface area (Å²) in [5.74, 6) is 0.368. The van der Waals surface area contributed by atoms with Crippen LogP contribution in [0.3, 0.4) is 0 Å². The predicted molar refractivity (Wildman–Crippen MR) is 98.8 cm³/mol. The zero-order valence-corrected chi connectivity index (χ0v) is 15.1. The number of rotatable bonds is 6. The van der Waals surface area contributed by atoms with Gasteiger partial charge in [-0.05, 0) is 48.9 Å². The van der Waals surface area contributed by atoms with Crippen LogP contribution in [0.2, 0.25) is 0 Å². The molecule has 0 unspecified atom stereocenters. The van der Waals surface area contributed by atoms with Gasteiger partial charge in [0.05, 0.1) is 0 Å². The van der Waals surface area contributed by atoms with Gasteiger partial charge in [-0.1, -0.05) is 19.4 Å². The van der Waals surface area contributed by atoms with Crippen molar-refractivity contribution in [3.8, 4) is 0 Å². The monoisotopic (exact) mass is 345 g/mol. The van der Waals surface area contributed by atoms with Crippen molar-refractivity contribution in [2.75, 3.05) is 31.5 Å². The van der Waals surface area contributed by atoms with Gasteiger partial charge in [0.1, 0.15) is 5.82 Å². The van der Waals surface area contributed by atoms with E-state index in [-0.39, 0.29) is 5.82 Å². The second-order valence-electron chi connectivity index (χ2n) is 7.24. The maximum atomic E-state index is 13.8. The molecule has 25 heavy (non-hydrogen) atoms. The molecule has 0 bridgehead atoms. The molecule has 1 aliphatic heterocycles. The van der Waals surface area contributed by atoms with E-state index in [1.165, 1.54) is 37.4 Å². The zero-order valence-electron chi connectivity index (χ0n) is 15.1. The standard InChI is InChI=1S/C20H28FN3O/c1-15-18(11-19(21)12-20(15)22-14-25)13-23-7-9-24(10-8-23)16(2)17-5-3-4-6-17/h11-12,14,17H,2-10,13H2,1H3,(H,22,25). The Hall–Kier alpha value is -1.88. The van der Waals surface area contributed by atoms with Gasteiger partial charge in [0.2, 0.25) is 6.41 Å². The number of nitrogens with zero attached hydrogens (tertiary/aromatic N) is 2. The Morgan fingerprint density at radius 2 is 1.96 bits per heavy atom. The molecule has 0 aromatic heterocycles. The number of nitrogens with one attached hydrogen (secondary N) is 1. The number of amides is 1. The molecule has 1 aromatic carbocycles. The number of allylic oxidation sites excluding steroid dienone is 1. The number of carbonyl (C=O) groups is 1. The van der Waals surface area contributed by atoms with Gasteiger partial charge in [0, 0.05) is 44.1 Å². The van der Waals surface area contributed by atoms with E-state index in [0.717, 1.165) is 37.3 Å². The molecule has 1 aliphatic carbocycles. The van der Waals surface area contributed by atoms with E-state index >= 15 is 0 Å². The molecule has 0 radical (unpaired) electrons. The van der Waals surface area contributed by atoms with Crippen molar-refractivity contribution >= 4 is 12.1 Å². The lowest BCUT2D eigenvalue weighted by atomic mass is 10.0. The van der Waals surface area contributed by atoms with Crippen molar-refractivity contribution in [2.45, 2.75) is 39.2 Å². The molecule has 0 spiro atoms. The largest absolute Gasteiger partial charge is 0.372 e. The number of hydrogen-bond acceptors (Lipinski definition) is 3. The Labute approximate surface area is 149 Å². The lowest BCUT2D eigenvalue weighted by Crippen LogP contribution is -2.46. The van der Waals surface area contributed by atoms with Crippen LogP contribution in [-0.4, -0.2) is 42.4 Å². The maximum Gasteiger partial charge on any atom is 0.211 e. The van der Waals surface area contributed by atoms with E-state index in [2.05, 4.69) is 21.7 Å². The van der Waals surface area contributed by atoms with Crippen LogP contribution in [0.25, 0.3) is 0 Å². The van der Waals surface area contributed by atoms with Gasteiger partial charge < -0.3 is 10.2 Å². The highest BCUT2D eigenvalue weighted by atomic mass is 19.1. The highest BCUT2D eigenvalue weighted by Crippen LogP contribution is 2.32. The summed E-state index contributed by atoms with van der Waals surface area (Å²) >= 11 is 0. The van der Waals surface area contributed by atoms with Crippen LogP contribution in [0.4, 0.5) is 10.1 Å². The van der Waals surface area contributed by atoms with Crippen LogP contribution >= 0.6 is 0 Å². The molecule has 136 valence electrons. The fourth-order valence-electron chi connectivity index (χ4n) is 4.06. The minimum Gasteiger partial charge on any atom is -0.372 e. The number of anilines is 1. The highest BCUT2D eigenvalue weighted by molar-refractivity contribution is 5.74. The molecule has 1 amide bonds. The number of hydrogen-bond donors (Lipinski definition) is 1. The van der Waals surface area contributed by atoms with Gasteiger partial charge in [0.15, 0.2) is 0 Å². The number of halogens is 1. The maximum absolute atomic E-state index is 13.8. The van der Waals surface area contributed by atoms with Crippen molar-refractivity contribution < 1.29 is 9.18 Å². The lowest BCUT2D eigenvalue weighted by molar-refractivity contribution is -0.105. The summed E-state index contributed by atoms with van der Waals surface area (Å²) in [6.45, 7) is 10.9. The molecule has 0 atom stereocenters. The number of carbonyl (C=O) groups excluding carboxylic acids is 1. The molecule has 4 nitrogen and oxygen atoms in total. The normalized spacial score (nSPS) is 19.2. The molecular formula is C20H28FN3O. The Morgan fingerprint density at radius 1 is 1.28 bits per heavy atom. The Bertz CT molecular complexity index is 632. The van der Waals surface area contributed by atoms with Crippen molar-refractivity contribution in [1.29, 1.82) is 0 Å². The Morgan fingerprint density at radius 3 is 2.60 bits per heavy atom. The van der Waals surface area contributed by atoms with Crippen LogP contribution in [0.5, 0.6) is 0 Å². The van der Waals surface area contributed by atoms with Crippen molar-refractivity contribution in [2.24, 2.45) is 5.92 Å². The fourth-order valence-corrected chi connectivity index (χ4v) is 4.06. The summed E-state index contributed by atoms with van der Waals surface area (Å²) in [7, 11) is 0. The second-order valence-corrected chi connectivity index (χ2v) is 7.24. The van der Waals surface area contributed by atoms with Crippen molar-refractivity contribution in [1.82, 2.24) is 9.80 Å². The quantitative estimate of drug-likeness (QED) is 0.801. The molecule has 1 aromatic rings. The zero-order chi connectivity index (χ0) is 17.8. The van der Waals surface area contributed by atoms with Crippen LogP contribution in [0.15, 0.2) is 24.4 Å².